The summed E-state index contributed by atoms with van der Waals surface area (Å²) in [5.74, 6) is 0. The van der Waals surface area contributed by atoms with Gasteiger partial charge in [0.15, 0.2) is 0 Å². The van der Waals surface area contributed by atoms with Crippen molar-refractivity contribution in [1.29, 1.82) is 0 Å². The van der Waals surface area contributed by atoms with Gasteiger partial charge in [0.05, 0.1) is 5.54 Å². The van der Waals surface area contributed by atoms with Crippen LogP contribution in [0.15, 0.2) is 11.3 Å². The molecule has 0 aromatic carbocycles. The average molecular weight is 179 g/mol. The van der Waals surface area contributed by atoms with Gasteiger partial charge in [-0.25, -0.2) is 9.48 Å². The van der Waals surface area contributed by atoms with Crippen molar-refractivity contribution in [2.24, 2.45) is 4.99 Å². The smallest absolute Gasteiger partial charge is 0.232 e. The Morgan fingerprint density at radius 1 is 1.62 bits per heavy atom. The van der Waals surface area contributed by atoms with Gasteiger partial charge < -0.3 is 0 Å². The Kier molecular flexibility index (Phi) is 1.90. The van der Waals surface area contributed by atoms with Crippen LogP contribution in [0, 0.1) is 0 Å². The van der Waals surface area contributed by atoms with Crippen LogP contribution < -0.4 is 0 Å². The lowest BCUT2D eigenvalue weighted by molar-refractivity contribution is 0.486. The molecular formula is C7H9N5O. The largest absolute Gasteiger partial charge is 0.235 e. The maximum Gasteiger partial charge on any atom is 0.235 e. The zero-order valence-corrected chi connectivity index (χ0v) is 7.05. The lowest BCUT2D eigenvalue weighted by Crippen LogP contribution is -2.10. The standard InChI is InChI=1S/C7H9N5O/c13-6-8-7(1-2-7)3-4-12-5-9-10-11-12/h5H,1-4H2. The Morgan fingerprint density at radius 2 is 2.46 bits per heavy atom. The van der Waals surface area contributed by atoms with Crippen LogP contribution in [0.5, 0.6) is 0 Å². The highest BCUT2D eigenvalue weighted by Gasteiger charge is 2.42. The van der Waals surface area contributed by atoms with E-state index in [1.165, 1.54) is 0 Å². The maximum absolute atomic E-state index is 10.1. The van der Waals surface area contributed by atoms with E-state index < -0.39 is 0 Å². The molecule has 0 N–H and O–H groups in total. The molecule has 0 aliphatic heterocycles. The molecule has 1 aliphatic carbocycles. The van der Waals surface area contributed by atoms with Gasteiger partial charge in [-0.3, -0.25) is 0 Å². The van der Waals surface area contributed by atoms with Crippen LogP contribution in [0.2, 0.25) is 0 Å². The van der Waals surface area contributed by atoms with E-state index in [1.807, 2.05) is 0 Å². The van der Waals surface area contributed by atoms with E-state index in [-0.39, 0.29) is 5.54 Å². The number of aliphatic imine (C=N–C) groups is 1. The molecule has 0 bridgehead atoms. The Balaban J connectivity index is 1.89. The van der Waals surface area contributed by atoms with E-state index in [9.17, 15) is 4.79 Å². The third-order valence-electron chi connectivity index (χ3n) is 2.31. The number of hydrogen-bond donors (Lipinski definition) is 0. The molecule has 0 amide bonds. The maximum atomic E-state index is 10.1. The van der Waals surface area contributed by atoms with Gasteiger partial charge in [-0.15, -0.1) is 5.10 Å². The molecular weight excluding hydrogens is 170 g/mol. The number of rotatable bonds is 4. The summed E-state index contributed by atoms with van der Waals surface area (Å²) in [6.07, 6.45) is 5.94. The van der Waals surface area contributed by atoms with Crippen molar-refractivity contribution in [3.8, 4) is 0 Å². The van der Waals surface area contributed by atoms with Gasteiger partial charge in [0.25, 0.3) is 0 Å². The Morgan fingerprint density at radius 3 is 3.00 bits per heavy atom. The molecule has 6 nitrogen and oxygen atoms in total. The summed E-state index contributed by atoms with van der Waals surface area (Å²) >= 11 is 0. The quantitative estimate of drug-likeness (QED) is 0.479. The fourth-order valence-corrected chi connectivity index (χ4v) is 1.26. The predicted octanol–water partition coefficient (Wildman–Crippen LogP) is -0.0684. The fourth-order valence-electron chi connectivity index (χ4n) is 1.26. The summed E-state index contributed by atoms with van der Waals surface area (Å²) in [5.41, 5.74) is -0.145. The minimum absolute atomic E-state index is 0.145. The van der Waals surface area contributed by atoms with Crippen LogP contribution in [0.4, 0.5) is 0 Å². The molecule has 68 valence electrons. The van der Waals surface area contributed by atoms with Crippen molar-refractivity contribution >= 4 is 6.08 Å². The highest BCUT2D eigenvalue weighted by molar-refractivity contribution is 5.36. The Bertz CT molecular complexity index is 323. The second-order valence-corrected chi connectivity index (χ2v) is 3.25. The molecule has 1 saturated carbocycles. The summed E-state index contributed by atoms with van der Waals surface area (Å²) in [4.78, 5) is 13.9. The Hall–Kier alpha value is -1.55. The number of aromatic nitrogens is 4. The number of carbonyl (C=O) groups excluding carboxylic acids is 1. The molecule has 0 radical (unpaired) electrons. The van der Waals surface area contributed by atoms with E-state index in [2.05, 4.69) is 20.5 Å². The third kappa shape index (κ3) is 1.78. The molecule has 2 rings (SSSR count). The lowest BCUT2D eigenvalue weighted by Gasteiger charge is -2.05. The van der Waals surface area contributed by atoms with Gasteiger partial charge in [0, 0.05) is 6.54 Å². The zero-order valence-electron chi connectivity index (χ0n) is 7.05. The van der Waals surface area contributed by atoms with E-state index in [0.29, 0.717) is 6.54 Å². The fraction of sp³-hybridized carbons (Fsp3) is 0.714. The summed E-state index contributed by atoms with van der Waals surface area (Å²) in [5, 5.41) is 10.7. The van der Waals surface area contributed by atoms with Gasteiger partial charge in [-0.1, -0.05) is 0 Å². The normalized spacial score (nSPS) is 17.8. The molecule has 6 heteroatoms. The summed E-state index contributed by atoms with van der Waals surface area (Å²) in [7, 11) is 0. The second-order valence-electron chi connectivity index (χ2n) is 3.25. The van der Waals surface area contributed by atoms with Crippen LogP contribution in [-0.2, 0) is 11.3 Å². The van der Waals surface area contributed by atoms with Crippen LogP contribution >= 0.6 is 0 Å². The molecule has 0 saturated heterocycles. The number of hydrogen-bond acceptors (Lipinski definition) is 5. The molecule has 0 spiro atoms. The first kappa shape index (κ1) is 8.07. The number of tetrazole rings is 1. The van der Waals surface area contributed by atoms with Gasteiger partial charge in [-0.05, 0) is 29.7 Å². The van der Waals surface area contributed by atoms with E-state index in [0.717, 1.165) is 19.3 Å². The first-order valence-electron chi connectivity index (χ1n) is 4.14. The van der Waals surface area contributed by atoms with Crippen LogP contribution in [0.3, 0.4) is 0 Å². The molecule has 1 aliphatic rings. The molecule has 13 heavy (non-hydrogen) atoms. The molecule has 0 unspecified atom stereocenters. The highest BCUT2D eigenvalue weighted by atomic mass is 16.1. The summed E-state index contributed by atoms with van der Waals surface area (Å²) in [6, 6.07) is 0. The van der Waals surface area contributed by atoms with Crippen molar-refractivity contribution in [2.75, 3.05) is 0 Å². The molecule has 1 fully saturated rings. The predicted molar refractivity (Wildman–Crippen MR) is 42.5 cm³/mol. The number of isocyanates is 1. The SMILES string of the molecule is O=C=NC1(CCn2cnnn2)CC1. The molecule has 0 atom stereocenters. The van der Waals surface area contributed by atoms with Crippen LogP contribution in [-0.4, -0.2) is 31.8 Å². The number of aryl methyl sites for hydroxylation is 1. The van der Waals surface area contributed by atoms with Crippen molar-refractivity contribution in [1.82, 2.24) is 20.2 Å². The van der Waals surface area contributed by atoms with Gasteiger partial charge in [-0.2, -0.15) is 4.99 Å². The van der Waals surface area contributed by atoms with Crippen molar-refractivity contribution < 1.29 is 4.79 Å². The molecule has 1 aromatic rings. The lowest BCUT2D eigenvalue weighted by atomic mass is 10.2. The summed E-state index contributed by atoms with van der Waals surface area (Å²) < 4.78 is 1.64. The van der Waals surface area contributed by atoms with Gasteiger partial charge >= 0.3 is 0 Å². The third-order valence-corrected chi connectivity index (χ3v) is 2.31. The van der Waals surface area contributed by atoms with E-state index >= 15 is 0 Å². The van der Waals surface area contributed by atoms with Crippen LogP contribution in [0.25, 0.3) is 0 Å². The van der Waals surface area contributed by atoms with Crippen molar-refractivity contribution in [2.45, 2.75) is 31.3 Å². The van der Waals surface area contributed by atoms with E-state index in [1.54, 1.807) is 17.1 Å². The van der Waals surface area contributed by atoms with Crippen LogP contribution in [0.1, 0.15) is 19.3 Å². The Labute approximate surface area is 74.7 Å². The average Bonchev–Trinajstić information content (AvgIpc) is 2.71. The summed E-state index contributed by atoms with van der Waals surface area (Å²) in [6.45, 7) is 0.707. The number of nitrogens with zero attached hydrogens (tertiary/aromatic N) is 5. The van der Waals surface area contributed by atoms with Crippen molar-refractivity contribution in [3.05, 3.63) is 6.33 Å². The van der Waals surface area contributed by atoms with E-state index in [4.69, 9.17) is 0 Å². The van der Waals surface area contributed by atoms with Gasteiger partial charge in [0.1, 0.15) is 6.33 Å². The minimum Gasteiger partial charge on any atom is -0.232 e. The molecule has 1 heterocycles. The first-order chi connectivity index (χ1) is 6.35. The molecule has 1 aromatic heterocycles. The topological polar surface area (TPSA) is 73.0 Å². The van der Waals surface area contributed by atoms with Crippen molar-refractivity contribution in [3.63, 3.8) is 0 Å². The van der Waals surface area contributed by atoms with Gasteiger partial charge in [0.2, 0.25) is 6.08 Å². The minimum atomic E-state index is -0.145. The first-order valence-corrected chi connectivity index (χ1v) is 4.14. The second kappa shape index (κ2) is 3.06. The zero-order chi connectivity index (χ0) is 9.15. The monoisotopic (exact) mass is 179 g/mol. The highest BCUT2D eigenvalue weighted by Crippen LogP contribution is 2.42.